The Kier molecular flexibility index (Phi) is 7.61. The van der Waals surface area contributed by atoms with Crippen molar-refractivity contribution in [2.24, 2.45) is 0 Å². The molecule has 102 valence electrons. The van der Waals surface area contributed by atoms with Gasteiger partial charge in [0.2, 0.25) is 0 Å². The molecule has 0 amide bonds. The highest BCUT2D eigenvalue weighted by molar-refractivity contribution is 5.85. The van der Waals surface area contributed by atoms with E-state index in [1.54, 1.807) is 6.08 Å². The first-order valence-electron chi connectivity index (χ1n) is 5.76. The molecule has 19 heavy (non-hydrogen) atoms. The number of hydrogen-bond acceptors (Lipinski definition) is 2. The molecule has 0 aliphatic rings. The fourth-order valence-corrected chi connectivity index (χ4v) is 1.18. The second-order valence-electron chi connectivity index (χ2n) is 3.81. The van der Waals surface area contributed by atoms with E-state index < -0.39 is 11.9 Å². The van der Waals surface area contributed by atoms with Crippen LogP contribution in [0.2, 0.25) is 0 Å². The quantitative estimate of drug-likeness (QED) is 0.818. The van der Waals surface area contributed by atoms with Crippen LogP contribution in [0.1, 0.15) is 25.0 Å². The first kappa shape index (κ1) is 16.6. The summed E-state index contributed by atoms with van der Waals surface area (Å²) in [4.78, 5) is 19.9. The van der Waals surface area contributed by atoms with Crippen molar-refractivity contribution in [3.63, 3.8) is 0 Å². The van der Waals surface area contributed by atoms with Crippen molar-refractivity contribution in [2.45, 2.75) is 20.3 Å². The van der Waals surface area contributed by atoms with Crippen molar-refractivity contribution in [3.05, 3.63) is 53.6 Å². The molecule has 0 aromatic heterocycles. The van der Waals surface area contributed by atoms with Crippen LogP contribution in [0.5, 0.6) is 0 Å². The van der Waals surface area contributed by atoms with Crippen LogP contribution in [-0.4, -0.2) is 22.2 Å². The van der Waals surface area contributed by atoms with E-state index in [4.69, 9.17) is 10.2 Å². The number of benzene rings is 1. The maximum Gasteiger partial charge on any atom is 0.330 e. The minimum atomic E-state index is -0.935. The van der Waals surface area contributed by atoms with Crippen molar-refractivity contribution < 1.29 is 19.8 Å². The lowest BCUT2D eigenvalue weighted by molar-refractivity contribution is -0.133. The van der Waals surface area contributed by atoms with E-state index in [2.05, 4.69) is 6.58 Å². The lowest BCUT2D eigenvalue weighted by Crippen LogP contribution is -1.92. The van der Waals surface area contributed by atoms with Crippen LogP contribution >= 0.6 is 0 Å². The van der Waals surface area contributed by atoms with Crippen molar-refractivity contribution in [1.82, 2.24) is 0 Å². The Balaban J connectivity index is 0.000000459. The smallest absolute Gasteiger partial charge is 0.330 e. The zero-order valence-corrected chi connectivity index (χ0v) is 11.1. The Bertz CT molecular complexity index is 475. The molecule has 0 bridgehead atoms. The van der Waals surface area contributed by atoms with Crippen LogP contribution in [0.4, 0.5) is 0 Å². The van der Waals surface area contributed by atoms with Gasteiger partial charge in [0.25, 0.3) is 0 Å². The molecule has 0 atom stereocenters. The van der Waals surface area contributed by atoms with Gasteiger partial charge in [-0.2, -0.15) is 0 Å². The first-order valence-corrected chi connectivity index (χ1v) is 5.76. The summed E-state index contributed by atoms with van der Waals surface area (Å²) in [6.07, 6.45) is 3.70. The van der Waals surface area contributed by atoms with Crippen molar-refractivity contribution in [1.29, 1.82) is 0 Å². The fraction of sp³-hybridized carbons (Fsp3) is 0.200. The van der Waals surface area contributed by atoms with Gasteiger partial charge in [0.05, 0.1) is 0 Å². The van der Waals surface area contributed by atoms with Crippen LogP contribution in [-0.2, 0) is 16.0 Å². The van der Waals surface area contributed by atoms with E-state index >= 15 is 0 Å². The predicted molar refractivity (Wildman–Crippen MR) is 74.9 cm³/mol. The Labute approximate surface area is 112 Å². The standard InChI is InChI=1S/C11H12O2.C4H6O2/c1-2-9-5-3-4-6-10(9)7-8-11(12)13;1-3(2)4(5)6/h3-8H,2H2,1H3,(H,12,13);1H2,2H3,(H,5,6)/b8-7+;. The molecule has 4 heteroatoms. The SMILES string of the molecule is C=C(C)C(=O)O.CCc1ccccc1/C=C/C(=O)O. The molecule has 0 unspecified atom stereocenters. The zero-order chi connectivity index (χ0) is 14.8. The molecule has 0 saturated heterocycles. The fourth-order valence-electron chi connectivity index (χ4n) is 1.18. The van der Waals surface area contributed by atoms with Gasteiger partial charge in [-0.1, -0.05) is 37.8 Å². The van der Waals surface area contributed by atoms with E-state index in [-0.39, 0.29) is 5.57 Å². The summed E-state index contributed by atoms with van der Waals surface area (Å²) in [7, 11) is 0. The molecule has 1 rings (SSSR count). The maximum absolute atomic E-state index is 10.3. The minimum Gasteiger partial charge on any atom is -0.478 e. The second kappa shape index (κ2) is 8.69. The van der Waals surface area contributed by atoms with Gasteiger partial charge in [0, 0.05) is 11.6 Å². The Morgan fingerprint density at radius 3 is 2.21 bits per heavy atom. The average Bonchev–Trinajstić information content (AvgIpc) is 2.37. The summed E-state index contributed by atoms with van der Waals surface area (Å²) in [6.45, 7) is 6.65. The molecule has 0 spiro atoms. The zero-order valence-electron chi connectivity index (χ0n) is 11.1. The summed E-state index contributed by atoms with van der Waals surface area (Å²) in [5.74, 6) is -1.85. The Morgan fingerprint density at radius 2 is 1.79 bits per heavy atom. The number of carbonyl (C=O) groups is 2. The molecule has 0 saturated carbocycles. The third-order valence-corrected chi connectivity index (χ3v) is 2.21. The third kappa shape index (κ3) is 7.54. The van der Waals surface area contributed by atoms with E-state index in [1.807, 2.05) is 31.2 Å². The molecule has 2 N–H and O–H groups in total. The summed E-state index contributed by atoms with van der Waals surface area (Å²) < 4.78 is 0. The summed E-state index contributed by atoms with van der Waals surface area (Å²) in [5, 5.41) is 16.3. The summed E-state index contributed by atoms with van der Waals surface area (Å²) in [5.41, 5.74) is 2.32. The highest BCUT2D eigenvalue weighted by atomic mass is 16.4. The highest BCUT2D eigenvalue weighted by Gasteiger charge is 1.95. The lowest BCUT2D eigenvalue weighted by atomic mass is 10.1. The van der Waals surface area contributed by atoms with Gasteiger partial charge in [-0.15, -0.1) is 0 Å². The van der Waals surface area contributed by atoms with Crippen LogP contribution in [0.25, 0.3) is 6.08 Å². The number of carboxylic acids is 2. The van der Waals surface area contributed by atoms with Gasteiger partial charge in [0.1, 0.15) is 0 Å². The summed E-state index contributed by atoms with van der Waals surface area (Å²) >= 11 is 0. The Morgan fingerprint density at radius 1 is 1.26 bits per heavy atom. The van der Waals surface area contributed by atoms with Crippen LogP contribution in [0.15, 0.2) is 42.5 Å². The van der Waals surface area contributed by atoms with Gasteiger partial charge >= 0.3 is 11.9 Å². The van der Waals surface area contributed by atoms with Crippen LogP contribution < -0.4 is 0 Å². The third-order valence-electron chi connectivity index (χ3n) is 2.21. The molecular weight excluding hydrogens is 244 g/mol. The van der Waals surface area contributed by atoms with E-state index in [0.29, 0.717) is 0 Å². The topological polar surface area (TPSA) is 74.6 Å². The van der Waals surface area contributed by atoms with Gasteiger partial charge in [-0.3, -0.25) is 0 Å². The normalized spacial score (nSPS) is 9.58. The van der Waals surface area contributed by atoms with E-state index in [0.717, 1.165) is 18.1 Å². The van der Waals surface area contributed by atoms with Crippen molar-refractivity contribution >= 4 is 18.0 Å². The number of carboxylic acid groups (broad SMARTS) is 2. The monoisotopic (exact) mass is 262 g/mol. The average molecular weight is 262 g/mol. The Hall–Kier alpha value is -2.36. The van der Waals surface area contributed by atoms with E-state index in [1.165, 1.54) is 12.5 Å². The molecule has 4 nitrogen and oxygen atoms in total. The number of hydrogen-bond donors (Lipinski definition) is 2. The second-order valence-corrected chi connectivity index (χ2v) is 3.81. The van der Waals surface area contributed by atoms with Crippen molar-refractivity contribution in [3.8, 4) is 0 Å². The molecule has 0 aliphatic heterocycles. The first-order chi connectivity index (χ1) is 8.88. The van der Waals surface area contributed by atoms with Gasteiger partial charge in [-0.25, -0.2) is 9.59 Å². The van der Waals surface area contributed by atoms with Crippen LogP contribution in [0, 0.1) is 0 Å². The molecule has 0 heterocycles. The summed E-state index contributed by atoms with van der Waals surface area (Å²) in [6, 6.07) is 7.78. The number of rotatable bonds is 4. The van der Waals surface area contributed by atoms with Gasteiger partial charge in [-0.05, 0) is 30.5 Å². The molecule has 0 fully saturated rings. The number of aliphatic carboxylic acids is 2. The van der Waals surface area contributed by atoms with Gasteiger partial charge in [0.15, 0.2) is 0 Å². The molecule has 0 radical (unpaired) electrons. The van der Waals surface area contributed by atoms with Crippen molar-refractivity contribution in [2.75, 3.05) is 0 Å². The minimum absolute atomic E-state index is 0.176. The van der Waals surface area contributed by atoms with E-state index in [9.17, 15) is 9.59 Å². The molecule has 0 aliphatic carbocycles. The lowest BCUT2D eigenvalue weighted by Gasteiger charge is -2.00. The molecule has 1 aromatic rings. The number of aryl methyl sites for hydroxylation is 1. The molecular formula is C15H18O4. The largest absolute Gasteiger partial charge is 0.478 e. The highest BCUT2D eigenvalue weighted by Crippen LogP contribution is 2.10. The van der Waals surface area contributed by atoms with Crippen LogP contribution in [0.3, 0.4) is 0 Å². The van der Waals surface area contributed by atoms with Gasteiger partial charge < -0.3 is 10.2 Å². The predicted octanol–water partition coefficient (Wildman–Crippen LogP) is 2.99. The maximum atomic E-state index is 10.3. The molecule has 1 aromatic carbocycles.